The van der Waals surface area contributed by atoms with Gasteiger partial charge in [-0.05, 0) is 84.9 Å². The Hall–Kier alpha value is -1.38. The van der Waals surface area contributed by atoms with Gasteiger partial charge in [-0.3, -0.25) is 4.79 Å². The minimum atomic E-state index is -0.741. The van der Waals surface area contributed by atoms with Crippen LogP contribution in [0.2, 0.25) is 0 Å². The molecule has 158 valence electrons. The Kier molecular flexibility index (Phi) is 8.56. The number of carboxylic acids is 1. The summed E-state index contributed by atoms with van der Waals surface area (Å²) in [5, 5.41) is 19.0. The van der Waals surface area contributed by atoms with Crippen LogP contribution >= 0.6 is 22.6 Å². The zero-order valence-corrected chi connectivity index (χ0v) is 18.6. The Bertz CT molecular complexity index is 714. The van der Waals surface area contributed by atoms with Gasteiger partial charge < -0.3 is 19.7 Å². The van der Waals surface area contributed by atoms with Gasteiger partial charge in [0, 0.05) is 15.9 Å². The topological polar surface area (TPSA) is 76.0 Å². The molecule has 6 heteroatoms. The number of carbonyl (C=O) groups is 1. The number of aliphatic hydroxyl groups is 1. The molecule has 0 spiro atoms. The lowest BCUT2D eigenvalue weighted by atomic mass is 9.77. The number of rotatable bonds is 11. The Balaban J connectivity index is 1.46. The zero-order chi connectivity index (χ0) is 20.6. The summed E-state index contributed by atoms with van der Waals surface area (Å²) in [5.41, 5.74) is 0. The van der Waals surface area contributed by atoms with Crippen molar-refractivity contribution in [2.75, 3.05) is 6.61 Å². The Labute approximate surface area is 185 Å². The minimum Gasteiger partial charge on any atom is -0.491 e. The number of benzene rings is 1. The number of carboxylic acid groups (broad SMARTS) is 1. The first-order valence-electron chi connectivity index (χ1n) is 10.3. The number of hydrogen-bond acceptors (Lipinski definition) is 4. The molecule has 2 saturated heterocycles. The van der Waals surface area contributed by atoms with Crippen LogP contribution in [0.1, 0.15) is 38.5 Å². The molecule has 0 radical (unpaired) electrons. The second-order valence-corrected chi connectivity index (χ2v) is 8.99. The van der Waals surface area contributed by atoms with E-state index in [9.17, 15) is 9.90 Å². The molecule has 5 nitrogen and oxygen atoms in total. The zero-order valence-electron chi connectivity index (χ0n) is 16.5. The Morgan fingerprint density at radius 1 is 1.24 bits per heavy atom. The Morgan fingerprint density at radius 2 is 2.00 bits per heavy atom. The van der Waals surface area contributed by atoms with E-state index in [0.29, 0.717) is 24.4 Å². The largest absolute Gasteiger partial charge is 0.491 e. The van der Waals surface area contributed by atoms with Crippen LogP contribution in [0.15, 0.2) is 48.6 Å². The first-order valence-corrected chi connectivity index (χ1v) is 11.4. The number of unbranched alkanes of at least 4 members (excludes halogenated alkanes) is 1. The van der Waals surface area contributed by atoms with Crippen LogP contribution in [0.5, 0.6) is 5.75 Å². The lowest BCUT2D eigenvalue weighted by Gasteiger charge is -2.25. The van der Waals surface area contributed by atoms with Gasteiger partial charge in [0.15, 0.2) is 0 Å². The van der Waals surface area contributed by atoms with E-state index < -0.39 is 12.1 Å². The van der Waals surface area contributed by atoms with E-state index in [2.05, 4.69) is 40.8 Å². The summed E-state index contributed by atoms with van der Waals surface area (Å²) in [7, 11) is 0. The standard InChI is InChI=1S/C23H29IO5/c24-16-7-10-18(11-8-16)28-15-17(25)9-12-20-19(21-13-14-22(20)29-21)5-3-1-2-4-6-23(26)27/h1,3,7-12,17,19-22,25H,2,4-6,13-15H2,(H,26,27)/b3-1+,12-9?/t17-,19-,20-,21+,22-/m1/s1. The molecule has 2 bridgehead atoms. The van der Waals surface area contributed by atoms with Gasteiger partial charge in [-0.2, -0.15) is 0 Å². The van der Waals surface area contributed by atoms with Crippen LogP contribution in [0.25, 0.3) is 0 Å². The molecule has 2 aliphatic rings. The van der Waals surface area contributed by atoms with Gasteiger partial charge in [0.05, 0.1) is 12.2 Å². The van der Waals surface area contributed by atoms with Gasteiger partial charge in [0.25, 0.3) is 0 Å². The van der Waals surface area contributed by atoms with Gasteiger partial charge in [-0.15, -0.1) is 0 Å². The fourth-order valence-electron chi connectivity index (χ4n) is 4.15. The quantitative estimate of drug-likeness (QED) is 0.258. The van der Waals surface area contributed by atoms with Crippen molar-refractivity contribution >= 4 is 28.6 Å². The lowest BCUT2D eigenvalue weighted by Crippen LogP contribution is -2.26. The third-order valence-electron chi connectivity index (χ3n) is 5.61. The van der Waals surface area contributed by atoms with E-state index in [-0.39, 0.29) is 19.1 Å². The highest BCUT2D eigenvalue weighted by molar-refractivity contribution is 14.1. The summed E-state index contributed by atoms with van der Waals surface area (Å²) in [6.45, 7) is 0.229. The molecule has 0 aliphatic carbocycles. The molecule has 1 aromatic carbocycles. The monoisotopic (exact) mass is 512 g/mol. The summed E-state index contributed by atoms with van der Waals surface area (Å²) < 4.78 is 12.9. The van der Waals surface area contributed by atoms with Crippen molar-refractivity contribution in [3.05, 3.63) is 52.1 Å². The van der Waals surface area contributed by atoms with E-state index >= 15 is 0 Å². The predicted molar refractivity (Wildman–Crippen MR) is 120 cm³/mol. The van der Waals surface area contributed by atoms with E-state index in [1.165, 1.54) is 0 Å². The molecule has 2 N–H and O–H groups in total. The van der Waals surface area contributed by atoms with Crippen LogP contribution in [0.3, 0.4) is 0 Å². The van der Waals surface area contributed by atoms with Gasteiger partial charge in [-0.1, -0.05) is 24.3 Å². The average molecular weight is 512 g/mol. The predicted octanol–water partition coefficient (Wildman–Crippen LogP) is 4.58. The van der Waals surface area contributed by atoms with E-state index in [4.69, 9.17) is 14.6 Å². The second kappa shape index (κ2) is 11.1. The molecular weight excluding hydrogens is 483 g/mol. The first-order chi connectivity index (χ1) is 14.0. The van der Waals surface area contributed by atoms with Gasteiger partial charge >= 0.3 is 5.97 Å². The van der Waals surface area contributed by atoms with Crippen molar-refractivity contribution in [2.45, 2.75) is 56.8 Å². The number of halogens is 1. The van der Waals surface area contributed by atoms with Crippen molar-refractivity contribution < 1.29 is 24.5 Å². The highest BCUT2D eigenvalue weighted by atomic mass is 127. The minimum absolute atomic E-state index is 0.217. The number of hydrogen-bond donors (Lipinski definition) is 2. The third kappa shape index (κ3) is 6.83. The van der Waals surface area contributed by atoms with Crippen LogP contribution in [-0.2, 0) is 9.53 Å². The molecule has 2 fully saturated rings. The van der Waals surface area contributed by atoms with Crippen molar-refractivity contribution in [3.8, 4) is 5.75 Å². The molecule has 0 aromatic heterocycles. The van der Waals surface area contributed by atoms with Crippen molar-refractivity contribution in [3.63, 3.8) is 0 Å². The molecule has 0 amide bonds. The molecular formula is C23H29IO5. The van der Waals surface area contributed by atoms with Crippen LogP contribution in [-0.4, -0.2) is 41.1 Å². The number of allylic oxidation sites excluding steroid dienone is 2. The summed E-state index contributed by atoms with van der Waals surface area (Å²) in [5.74, 6) is 0.747. The molecule has 0 saturated carbocycles. The summed E-state index contributed by atoms with van der Waals surface area (Å²) in [6, 6.07) is 7.76. The van der Waals surface area contributed by atoms with Gasteiger partial charge in [-0.25, -0.2) is 0 Å². The summed E-state index contributed by atoms with van der Waals surface area (Å²) in [6.07, 6.45) is 12.9. The normalized spacial score (nSPS) is 27.1. The number of aliphatic hydroxyl groups excluding tert-OH is 1. The molecule has 29 heavy (non-hydrogen) atoms. The Morgan fingerprint density at radius 3 is 2.76 bits per heavy atom. The molecule has 0 unspecified atom stereocenters. The lowest BCUT2D eigenvalue weighted by molar-refractivity contribution is -0.137. The SMILES string of the molecule is O=C(O)CCC/C=C/C[C@@H]1[C@@H](C=C[C@@H](O)COc2ccc(I)cc2)[C@H]2CC[C@@H]1O2. The summed E-state index contributed by atoms with van der Waals surface area (Å²) in [4.78, 5) is 10.6. The van der Waals surface area contributed by atoms with E-state index in [0.717, 1.165) is 35.0 Å². The average Bonchev–Trinajstić information content (AvgIpc) is 3.30. The molecule has 1 aromatic rings. The van der Waals surface area contributed by atoms with Crippen molar-refractivity contribution in [1.82, 2.24) is 0 Å². The fraction of sp³-hybridized carbons (Fsp3) is 0.522. The maximum absolute atomic E-state index is 10.6. The van der Waals surface area contributed by atoms with Crippen LogP contribution in [0.4, 0.5) is 0 Å². The number of fused-ring (bicyclic) bond motifs is 2. The van der Waals surface area contributed by atoms with Gasteiger partial charge in [0.1, 0.15) is 18.5 Å². The molecule has 2 heterocycles. The maximum Gasteiger partial charge on any atom is 0.303 e. The summed E-state index contributed by atoms with van der Waals surface area (Å²) >= 11 is 2.25. The third-order valence-corrected chi connectivity index (χ3v) is 6.33. The smallest absolute Gasteiger partial charge is 0.303 e. The highest BCUT2D eigenvalue weighted by Crippen LogP contribution is 2.45. The first kappa shape index (κ1) is 22.3. The van der Waals surface area contributed by atoms with Gasteiger partial charge in [0.2, 0.25) is 0 Å². The van der Waals surface area contributed by atoms with Crippen molar-refractivity contribution in [2.24, 2.45) is 11.8 Å². The van der Waals surface area contributed by atoms with Crippen LogP contribution in [0, 0.1) is 15.4 Å². The van der Waals surface area contributed by atoms with Crippen molar-refractivity contribution in [1.29, 1.82) is 0 Å². The van der Waals surface area contributed by atoms with Crippen LogP contribution < -0.4 is 4.74 Å². The molecule has 3 rings (SSSR count). The molecule has 2 aliphatic heterocycles. The maximum atomic E-state index is 10.6. The number of aliphatic carboxylic acids is 1. The van der Waals surface area contributed by atoms with E-state index in [1.54, 1.807) is 0 Å². The fourth-order valence-corrected chi connectivity index (χ4v) is 4.51. The second-order valence-electron chi connectivity index (χ2n) is 7.74. The number of ether oxygens (including phenoxy) is 2. The van der Waals surface area contributed by atoms with E-state index in [1.807, 2.05) is 30.3 Å². The highest BCUT2D eigenvalue weighted by Gasteiger charge is 2.46. The molecule has 5 atom stereocenters.